The Morgan fingerprint density at radius 2 is 1.86 bits per heavy atom. The van der Waals surface area contributed by atoms with Crippen molar-refractivity contribution in [3.8, 4) is 0 Å². The van der Waals surface area contributed by atoms with Crippen molar-refractivity contribution in [1.82, 2.24) is 10.8 Å². The standard InChI is InChI=1S/C16H22ClN3O2/c1-15(2)9-13(10-16(3,4)20-15)19-22-14(21)18-12-7-5-11(17)6-8-12/h5-9,19-20H,10H2,1-4H3,(H,18,21). The highest BCUT2D eigenvalue weighted by Gasteiger charge is 2.32. The Kier molecular flexibility index (Phi) is 4.68. The van der Waals surface area contributed by atoms with E-state index >= 15 is 0 Å². The van der Waals surface area contributed by atoms with Crippen molar-refractivity contribution in [2.45, 2.75) is 45.2 Å². The molecule has 1 aromatic carbocycles. The fourth-order valence-corrected chi connectivity index (χ4v) is 2.90. The molecule has 0 radical (unpaired) electrons. The number of carbonyl (C=O) groups excluding carboxylic acids is 1. The van der Waals surface area contributed by atoms with Gasteiger partial charge in [0.25, 0.3) is 0 Å². The molecule has 0 bridgehead atoms. The number of hydrogen-bond donors (Lipinski definition) is 3. The van der Waals surface area contributed by atoms with Gasteiger partial charge < -0.3 is 10.2 Å². The molecule has 1 heterocycles. The van der Waals surface area contributed by atoms with Crippen LogP contribution in [0.3, 0.4) is 0 Å². The van der Waals surface area contributed by atoms with Crippen LogP contribution in [0.2, 0.25) is 5.02 Å². The zero-order valence-electron chi connectivity index (χ0n) is 13.3. The van der Waals surface area contributed by atoms with Crippen molar-refractivity contribution < 1.29 is 9.63 Å². The fourth-order valence-electron chi connectivity index (χ4n) is 2.77. The molecule has 0 unspecified atom stereocenters. The van der Waals surface area contributed by atoms with E-state index in [1.807, 2.05) is 6.08 Å². The summed E-state index contributed by atoms with van der Waals surface area (Å²) in [5.41, 5.74) is 4.00. The topological polar surface area (TPSA) is 62.4 Å². The normalized spacial score (nSPS) is 19.0. The number of halogens is 1. The molecular weight excluding hydrogens is 302 g/mol. The molecule has 0 saturated carbocycles. The van der Waals surface area contributed by atoms with Crippen molar-refractivity contribution in [3.05, 3.63) is 41.1 Å². The Labute approximate surface area is 136 Å². The molecule has 5 nitrogen and oxygen atoms in total. The van der Waals surface area contributed by atoms with Crippen LogP contribution in [0.4, 0.5) is 10.5 Å². The van der Waals surface area contributed by atoms with E-state index in [0.29, 0.717) is 10.7 Å². The monoisotopic (exact) mass is 323 g/mol. The van der Waals surface area contributed by atoms with Gasteiger partial charge in [-0.3, -0.25) is 5.32 Å². The molecule has 0 aromatic heterocycles. The fraction of sp³-hybridized carbons (Fsp3) is 0.438. The Balaban J connectivity index is 1.90. The van der Waals surface area contributed by atoms with Crippen LogP contribution in [-0.4, -0.2) is 17.2 Å². The van der Waals surface area contributed by atoms with Crippen LogP contribution in [0.15, 0.2) is 36.0 Å². The van der Waals surface area contributed by atoms with Gasteiger partial charge in [-0.05, 0) is 58.0 Å². The summed E-state index contributed by atoms with van der Waals surface area (Å²) >= 11 is 5.79. The number of rotatable bonds is 3. The lowest BCUT2D eigenvalue weighted by atomic mass is 9.87. The first-order valence-corrected chi connectivity index (χ1v) is 7.54. The number of hydroxylamine groups is 1. The highest BCUT2D eigenvalue weighted by Crippen LogP contribution is 2.26. The van der Waals surface area contributed by atoms with Gasteiger partial charge in [0.15, 0.2) is 0 Å². The number of anilines is 1. The number of benzene rings is 1. The summed E-state index contributed by atoms with van der Waals surface area (Å²) in [6.45, 7) is 8.36. The van der Waals surface area contributed by atoms with E-state index in [0.717, 1.165) is 12.1 Å². The van der Waals surface area contributed by atoms with Crippen molar-refractivity contribution in [2.24, 2.45) is 0 Å². The maximum atomic E-state index is 11.8. The minimum Gasteiger partial charge on any atom is -0.324 e. The van der Waals surface area contributed by atoms with Crippen LogP contribution in [0.25, 0.3) is 0 Å². The molecule has 22 heavy (non-hydrogen) atoms. The molecule has 0 spiro atoms. The maximum absolute atomic E-state index is 11.8. The Hall–Kier alpha value is -1.72. The minimum absolute atomic E-state index is 0.0728. The molecule has 1 aliphatic heterocycles. The summed E-state index contributed by atoms with van der Waals surface area (Å²) in [4.78, 5) is 16.9. The third kappa shape index (κ3) is 4.93. The van der Waals surface area contributed by atoms with Crippen molar-refractivity contribution in [3.63, 3.8) is 0 Å². The molecule has 1 amide bonds. The lowest BCUT2D eigenvalue weighted by Gasteiger charge is -2.40. The van der Waals surface area contributed by atoms with Gasteiger partial charge in [-0.1, -0.05) is 11.6 Å². The van der Waals surface area contributed by atoms with E-state index in [1.165, 1.54) is 0 Å². The van der Waals surface area contributed by atoms with E-state index in [9.17, 15) is 4.79 Å². The van der Waals surface area contributed by atoms with Crippen LogP contribution in [-0.2, 0) is 4.84 Å². The molecule has 0 atom stereocenters. The van der Waals surface area contributed by atoms with E-state index in [2.05, 4.69) is 43.8 Å². The largest absolute Gasteiger partial charge is 0.435 e. The van der Waals surface area contributed by atoms with E-state index < -0.39 is 6.09 Å². The Bertz CT molecular complexity index is 580. The summed E-state index contributed by atoms with van der Waals surface area (Å²) in [5.74, 6) is 0. The molecule has 0 aliphatic carbocycles. The summed E-state index contributed by atoms with van der Waals surface area (Å²) in [6.07, 6.45) is 2.19. The molecular formula is C16H22ClN3O2. The predicted molar refractivity (Wildman–Crippen MR) is 88.7 cm³/mol. The van der Waals surface area contributed by atoms with E-state index in [-0.39, 0.29) is 11.1 Å². The summed E-state index contributed by atoms with van der Waals surface area (Å²) in [6, 6.07) is 6.81. The molecule has 3 N–H and O–H groups in total. The minimum atomic E-state index is -0.572. The SMILES string of the molecule is CC1(C)C=C(NOC(=O)Nc2ccc(Cl)cc2)CC(C)(C)N1. The van der Waals surface area contributed by atoms with Gasteiger partial charge in [0.05, 0.1) is 0 Å². The average Bonchev–Trinajstić information content (AvgIpc) is 2.36. The van der Waals surface area contributed by atoms with Gasteiger partial charge in [-0.15, -0.1) is 0 Å². The second kappa shape index (κ2) is 6.18. The Morgan fingerprint density at radius 1 is 1.23 bits per heavy atom. The highest BCUT2D eigenvalue weighted by atomic mass is 35.5. The average molecular weight is 324 g/mol. The number of nitrogens with one attached hydrogen (secondary N) is 3. The van der Waals surface area contributed by atoms with E-state index in [4.69, 9.17) is 16.4 Å². The molecule has 6 heteroatoms. The van der Waals surface area contributed by atoms with Crippen LogP contribution in [0.1, 0.15) is 34.1 Å². The van der Waals surface area contributed by atoms with Crippen LogP contribution in [0.5, 0.6) is 0 Å². The van der Waals surface area contributed by atoms with E-state index in [1.54, 1.807) is 24.3 Å². The highest BCUT2D eigenvalue weighted by molar-refractivity contribution is 6.30. The Morgan fingerprint density at radius 3 is 2.45 bits per heavy atom. The quantitative estimate of drug-likeness (QED) is 0.740. The first-order valence-electron chi connectivity index (χ1n) is 7.16. The van der Waals surface area contributed by atoms with Crippen LogP contribution >= 0.6 is 11.6 Å². The molecule has 2 rings (SSSR count). The molecule has 0 saturated heterocycles. The lowest BCUT2D eigenvalue weighted by molar-refractivity contribution is 0.110. The predicted octanol–water partition coefficient (Wildman–Crippen LogP) is 3.83. The molecule has 120 valence electrons. The lowest BCUT2D eigenvalue weighted by Crippen LogP contribution is -2.55. The molecule has 1 aliphatic rings. The molecule has 0 fully saturated rings. The first-order chi connectivity index (χ1) is 10.2. The summed E-state index contributed by atoms with van der Waals surface area (Å²) < 4.78 is 0. The van der Waals surface area contributed by atoms with Crippen molar-refractivity contribution >= 4 is 23.4 Å². The number of carbonyl (C=O) groups is 1. The van der Waals surface area contributed by atoms with Crippen molar-refractivity contribution in [1.29, 1.82) is 0 Å². The second-order valence-corrected chi connectivity index (χ2v) is 7.14. The van der Waals surface area contributed by atoms with Crippen LogP contribution < -0.4 is 16.1 Å². The second-order valence-electron chi connectivity index (χ2n) is 6.70. The molecule has 1 aromatic rings. The third-order valence-corrected chi connectivity index (χ3v) is 3.45. The smallest absolute Gasteiger partial charge is 0.324 e. The van der Waals surface area contributed by atoms with Gasteiger partial charge in [0.1, 0.15) is 0 Å². The zero-order valence-corrected chi connectivity index (χ0v) is 14.0. The van der Waals surface area contributed by atoms with Gasteiger partial charge in [-0.2, -0.15) is 0 Å². The van der Waals surface area contributed by atoms with Gasteiger partial charge in [0.2, 0.25) is 0 Å². The van der Waals surface area contributed by atoms with Gasteiger partial charge >= 0.3 is 6.09 Å². The third-order valence-electron chi connectivity index (χ3n) is 3.19. The number of hydrogen-bond acceptors (Lipinski definition) is 4. The van der Waals surface area contributed by atoms with Crippen LogP contribution in [0, 0.1) is 0 Å². The summed E-state index contributed by atoms with van der Waals surface area (Å²) in [7, 11) is 0. The van der Waals surface area contributed by atoms with Crippen molar-refractivity contribution in [2.75, 3.05) is 5.32 Å². The maximum Gasteiger partial charge on any atom is 0.435 e. The van der Waals surface area contributed by atoms with Gasteiger partial charge in [-0.25, -0.2) is 10.3 Å². The van der Waals surface area contributed by atoms with Gasteiger partial charge in [0, 0.05) is 33.9 Å². The zero-order chi connectivity index (χ0) is 16.4. The first kappa shape index (κ1) is 16.6. The number of amides is 1. The summed E-state index contributed by atoms with van der Waals surface area (Å²) in [5, 5.41) is 6.75.